The second-order valence-corrected chi connectivity index (χ2v) is 5.00. The highest BCUT2D eigenvalue weighted by molar-refractivity contribution is 6.30. The van der Waals surface area contributed by atoms with Crippen LogP contribution < -0.4 is 0 Å². The minimum Gasteiger partial charge on any atom is -0.465 e. The highest BCUT2D eigenvalue weighted by atomic mass is 35.5. The zero-order valence-corrected chi connectivity index (χ0v) is 12.8. The Kier molecular flexibility index (Phi) is 6.52. The van der Waals surface area contributed by atoms with Gasteiger partial charge in [-0.3, -0.25) is 9.59 Å². The Morgan fingerprint density at radius 3 is 2.40 bits per heavy atom. The van der Waals surface area contributed by atoms with Crippen LogP contribution in [0.5, 0.6) is 0 Å². The monoisotopic (exact) mass is 297 g/mol. The average Bonchev–Trinajstić information content (AvgIpc) is 2.44. The van der Waals surface area contributed by atoms with Gasteiger partial charge >= 0.3 is 5.97 Å². The Labute approximate surface area is 124 Å². The van der Waals surface area contributed by atoms with Crippen molar-refractivity contribution in [1.82, 2.24) is 4.90 Å². The lowest BCUT2D eigenvalue weighted by molar-refractivity contribution is -0.143. The summed E-state index contributed by atoms with van der Waals surface area (Å²) in [6.07, 6.45) is 0. The van der Waals surface area contributed by atoms with Gasteiger partial charge in [-0.05, 0) is 19.4 Å². The first-order chi connectivity index (χ1) is 9.47. The number of carbonyl (C=O) groups excluding carboxylic acids is 2. The molecule has 0 aliphatic heterocycles. The van der Waals surface area contributed by atoms with Crippen molar-refractivity contribution in [2.75, 3.05) is 13.2 Å². The standard InChI is InChI=1S/C15H20ClNO3/c1-4-20-15(19)14(16)10-17(12(3)18)11(2)13-8-6-5-7-9-13/h5-9,11,14H,4,10H2,1-3H3/t11-,14+/m1/s1. The van der Waals surface area contributed by atoms with E-state index < -0.39 is 11.3 Å². The molecule has 20 heavy (non-hydrogen) atoms. The molecule has 0 spiro atoms. The third kappa shape index (κ3) is 4.53. The second-order valence-electron chi connectivity index (χ2n) is 4.48. The molecule has 5 heteroatoms. The van der Waals surface area contributed by atoms with Crippen LogP contribution in [0.4, 0.5) is 0 Å². The molecule has 1 aromatic rings. The predicted molar refractivity (Wildman–Crippen MR) is 78.5 cm³/mol. The third-order valence-electron chi connectivity index (χ3n) is 3.05. The molecule has 0 unspecified atom stereocenters. The quantitative estimate of drug-likeness (QED) is 0.599. The van der Waals surface area contributed by atoms with Gasteiger partial charge in [0.15, 0.2) is 0 Å². The van der Waals surface area contributed by atoms with Gasteiger partial charge in [-0.15, -0.1) is 11.6 Å². The smallest absolute Gasteiger partial charge is 0.325 e. The molecule has 1 rings (SSSR count). The molecular formula is C15H20ClNO3. The Bertz CT molecular complexity index is 450. The molecule has 0 saturated heterocycles. The lowest BCUT2D eigenvalue weighted by atomic mass is 10.1. The number of esters is 1. The van der Waals surface area contributed by atoms with Crippen molar-refractivity contribution in [3.05, 3.63) is 35.9 Å². The summed E-state index contributed by atoms with van der Waals surface area (Å²) in [5.41, 5.74) is 0.996. The van der Waals surface area contributed by atoms with Gasteiger partial charge in [-0.2, -0.15) is 0 Å². The summed E-state index contributed by atoms with van der Waals surface area (Å²) < 4.78 is 4.86. The fourth-order valence-electron chi connectivity index (χ4n) is 1.95. The number of benzene rings is 1. The molecule has 0 saturated carbocycles. The molecule has 0 fully saturated rings. The first-order valence-electron chi connectivity index (χ1n) is 6.60. The first kappa shape index (κ1) is 16.5. The van der Waals surface area contributed by atoms with Crippen molar-refractivity contribution >= 4 is 23.5 Å². The molecule has 0 radical (unpaired) electrons. The summed E-state index contributed by atoms with van der Waals surface area (Å²) >= 11 is 6.01. The van der Waals surface area contributed by atoms with Gasteiger partial charge in [0.05, 0.1) is 12.6 Å². The van der Waals surface area contributed by atoms with Gasteiger partial charge in [0, 0.05) is 13.5 Å². The van der Waals surface area contributed by atoms with E-state index in [0.717, 1.165) is 5.56 Å². The van der Waals surface area contributed by atoms with Crippen molar-refractivity contribution in [1.29, 1.82) is 0 Å². The normalized spacial score (nSPS) is 13.4. The first-order valence-corrected chi connectivity index (χ1v) is 7.03. The molecule has 0 aliphatic rings. The van der Waals surface area contributed by atoms with Crippen LogP contribution in [0.15, 0.2) is 30.3 Å². The highest BCUT2D eigenvalue weighted by Gasteiger charge is 2.25. The third-order valence-corrected chi connectivity index (χ3v) is 3.37. The molecular weight excluding hydrogens is 278 g/mol. The summed E-state index contributed by atoms with van der Waals surface area (Å²) in [6.45, 7) is 5.50. The molecule has 0 bridgehead atoms. The van der Waals surface area contributed by atoms with Gasteiger partial charge in [-0.25, -0.2) is 0 Å². The fourth-order valence-corrected chi connectivity index (χ4v) is 2.16. The zero-order chi connectivity index (χ0) is 15.1. The summed E-state index contributed by atoms with van der Waals surface area (Å²) in [5, 5.41) is -0.856. The number of rotatable bonds is 6. The van der Waals surface area contributed by atoms with Crippen LogP contribution in [0.3, 0.4) is 0 Å². The number of nitrogens with zero attached hydrogens (tertiary/aromatic N) is 1. The van der Waals surface area contributed by atoms with E-state index in [0.29, 0.717) is 0 Å². The maximum Gasteiger partial charge on any atom is 0.325 e. The van der Waals surface area contributed by atoms with Crippen molar-refractivity contribution in [3.8, 4) is 0 Å². The van der Waals surface area contributed by atoms with Crippen molar-refractivity contribution in [3.63, 3.8) is 0 Å². The second kappa shape index (κ2) is 7.90. The number of hydrogen-bond acceptors (Lipinski definition) is 3. The lowest BCUT2D eigenvalue weighted by Gasteiger charge is -2.29. The van der Waals surface area contributed by atoms with E-state index in [-0.39, 0.29) is 25.1 Å². The van der Waals surface area contributed by atoms with Gasteiger partial charge in [0.25, 0.3) is 0 Å². The largest absolute Gasteiger partial charge is 0.465 e. The Morgan fingerprint density at radius 2 is 1.90 bits per heavy atom. The molecule has 2 atom stereocenters. The van der Waals surface area contributed by atoms with Gasteiger partial charge in [-0.1, -0.05) is 30.3 Å². The number of hydrogen-bond donors (Lipinski definition) is 0. The van der Waals surface area contributed by atoms with Crippen molar-refractivity contribution in [2.24, 2.45) is 0 Å². The maximum absolute atomic E-state index is 11.8. The predicted octanol–water partition coefficient (Wildman–Crippen LogP) is 2.77. The summed E-state index contributed by atoms with van der Waals surface area (Å²) in [5.74, 6) is -0.628. The highest BCUT2D eigenvalue weighted by Crippen LogP contribution is 2.21. The molecule has 0 aliphatic carbocycles. The number of alkyl halides is 1. The van der Waals surface area contributed by atoms with Crippen LogP contribution in [-0.2, 0) is 14.3 Å². The molecule has 0 aromatic heterocycles. The van der Waals surface area contributed by atoms with Gasteiger partial charge in [0.1, 0.15) is 5.38 Å². The van der Waals surface area contributed by atoms with E-state index in [1.165, 1.54) is 6.92 Å². The van der Waals surface area contributed by atoms with E-state index >= 15 is 0 Å². The number of ether oxygens (including phenoxy) is 1. The number of carbonyl (C=O) groups is 2. The molecule has 1 aromatic carbocycles. The molecule has 4 nitrogen and oxygen atoms in total. The summed E-state index contributed by atoms with van der Waals surface area (Å²) in [4.78, 5) is 24.9. The number of amides is 1. The zero-order valence-electron chi connectivity index (χ0n) is 12.0. The molecule has 1 amide bonds. The van der Waals surface area contributed by atoms with Crippen LogP contribution in [0.25, 0.3) is 0 Å². The maximum atomic E-state index is 11.8. The Hall–Kier alpha value is -1.55. The Morgan fingerprint density at radius 1 is 1.30 bits per heavy atom. The van der Waals surface area contributed by atoms with Crippen molar-refractivity contribution < 1.29 is 14.3 Å². The van der Waals surface area contributed by atoms with Gasteiger partial charge < -0.3 is 9.64 Å². The lowest BCUT2D eigenvalue weighted by Crippen LogP contribution is -2.39. The van der Waals surface area contributed by atoms with E-state index in [2.05, 4.69) is 0 Å². The Balaban J connectivity index is 2.79. The summed E-state index contributed by atoms with van der Waals surface area (Å²) in [7, 11) is 0. The average molecular weight is 298 g/mol. The van der Waals surface area contributed by atoms with Crippen molar-refractivity contribution in [2.45, 2.75) is 32.2 Å². The number of halogens is 1. The van der Waals surface area contributed by atoms with E-state index in [9.17, 15) is 9.59 Å². The molecule has 110 valence electrons. The van der Waals surface area contributed by atoms with Crippen LogP contribution in [-0.4, -0.2) is 35.3 Å². The van der Waals surface area contributed by atoms with E-state index in [4.69, 9.17) is 16.3 Å². The minimum atomic E-state index is -0.856. The van der Waals surface area contributed by atoms with E-state index in [1.54, 1.807) is 11.8 Å². The SMILES string of the molecule is CCOC(=O)[C@@H](Cl)CN(C(C)=O)[C@H](C)c1ccccc1. The van der Waals surface area contributed by atoms with Crippen LogP contribution in [0, 0.1) is 0 Å². The minimum absolute atomic E-state index is 0.128. The topological polar surface area (TPSA) is 46.6 Å². The fraction of sp³-hybridized carbons (Fsp3) is 0.467. The summed E-state index contributed by atoms with van der Waals surface area (Å²) in [6, 6.07) is 9.46. The molecule has 0 N–H and O–H groups in total. The van der Waals surface area contributed by atoms with Crippen LogP contribution in [0.2, 0.25) is 0 Å². The van der Waals surface area contributed by atoms with E-state index in [1.807, 2.05) is 37.3 Å². The van der Waals surface area contributed by atoms with Crippen LogP contribution in [0.1, 0.15) is 32.4 Å². The van der Waals surface area contributed by atoms with Gasteiger partial charge in [0.2, 0.25) is 5.91 Å². The molecule has 0 heterocycles. The van der Waals surface area contributed by atoms with Crippen LogP contribution >= 0.6 is 11.6 Å².